The normalized spacial score (nSPS) is 10.9. The number of rotatable bonds is 3. The van der Waals surface area contributed by atoms with E-state index in [9.17, 15) is 0 Å². The largest absolute Gasteiger partial charge is 0.496 e. The average molecular weight is 267 g/mol. The molecule has 0 aliphatic heterocycles. The molecule has 2 aromatic rings. The van der Waals surface area contributed by atoms with Gasteiger partial charge in [0.25, 0.3) is 0 Å². The van der Waals surface area contributed by atoms with Gasteiger partial charge in [-0.15, -0.1) is 11.3 Å². The molecule has 1 nitrogen and oxygen atoms in total. The summed E-state index contributed by atoms with van der Waals surface area (Å²) in [5.74, 6) is 1.39. The maximum atomic E-state index is 5.96. The van der Waals surface area contributed by atoms with E-state index in [1.165, 1.54) is 9.75 Å². The van der Waals surface area contributed by atoms with E-state index >= 15 is 0 Å². The molecule has 90 valence electrons. The van der Waals surface area contributed by atoms with E-state index in [-0.39, 0.29) is 0 Å². The molecule has 0 fully saturated rings. The van der Waals surface area contributed by atoms with E-state index < -0.39 is 0 Å². The maximum Gasteiger partial charge on any atom is 0.128 e. The minimum atomic E-state index is 0.562. The van der Waals surface area contributed by atoms with Gasteiger partial charge in [-0.1, -0.05) is 25.4 Å². The summed E-state index contributed by atoms with van der Waals surface area (Å²) in [4.78, 5) is 2.61. The lowest BCUT2D eigenvalue weighted by Gasteiger charge is -2.07. The van der Waals surface area contributed by atoms with Crippen molar-refractivity contribution in [1.82, 2.24) is 0 Å². The first-order chi connectivity index (χ1) is 8.11. The van der Waals surface area contributed by atoms with Gasteiger partial charge in [0.15, 0.2) is 0 Å². The Morgan fingerprint density at radius 1 is 1.18 bits per heavy atom. The number of thiophene rings is 1. The van der Waals surface area contributed by atoms with Crippen LogP contribution in [0.15, 0.2) is 30.3 Å². The number of methoxy groups -OCH3 is 1. The second-order valence-electron chi connectivity index (χ2n) is 4.20. The van der Waals surface area contributed by atoms with E-state index in [1.54, 1.807) is 18.4 Å². The Morgan fingerprint density at radius 2 is 1.94 bits per heavy atom. The highest BCUT2D eigenvalue weighted by atomic mass is 35.5. The third-order valence-corrected chi connectivity index (χ3v) is 4.28. The second kappa shape index (κ2) is 5.11. The van der Waals surface area contributed by atoms with Gasteiger partial charge in [-0.3, -0.25) is 0 Å². The Labute approximate surface area is 111 Å². The molecule has 17 heavy (non-hydrogen) atoms. The molecular weight excluding hydrogens is 252 g/mol. The van der Waals surface area contributed by atoms with Crippen LogP contribution in [0.5, 0.6) is 5.75 Å². The van der Waals surface area contributed by atoms with Crippen LogP contribution in [0.1, 0.15) is 24.6 Å². The third-order valence-electron chi connectivity index (χ3n) is 2.62. The Kier molecular flexibility index (Phi) is 3.75. The summed E-state index contributed by atoms with van der Waals surface area (Å²) < 4.78 is 5.37. The Hall–Kier alpha value is -0.990. The summed E-state index contributed by atoms with van der Waals surface area (Å²) in [6.07, 6.45) is 0. The fraction of sp³-hybridized carbons (Fsp3) is 0.286. The van der Waals surface area contributed by atoms with Crippen molar-refractivity contribution in [3.63, 3.8) is 0 Å². The van der Waals surface area contributed by atoms with Gasteiger partial charge in [-0.2, -0.15) is 0 Å². The number of ether oxygens (including phenoxy) is 1. The molecule has 0 N–H and O–H groups in total. The van der Waals surface area contributed by atoms with Crippen LogP contribution < -0.4 is 4.74 Å². The minimum Gasteiger partial charge on any atom is -0.496 e. The quantitative estimate of drug-likeness (QED) is 0.742. The van der Waals surface area contributed by atoms with Crippen molar-refractivity contribution in [3.05, 3.63) is 40.2 Å². The van der Waals surface area contributed by atoms with Crippen LogP contribution in [0.3, 0.4) is 0 Å². The van der Waals surface area contributed by atoms with E-state index in [0.717, 1.165) is 11.3 Å². The molecule has 0 aliphatic rings. The van der Waals surface area contributed by atoms with Gasteiger partial charge in [0.05, 0.1) is 7.11 Å². The van der Waals surface area contributed by atoms with Crippen molar-refractivity contribution < 1.29 is 4.74 Å². The lowest BCUT2D eigenvalue weighted by atomic mass is 10.1. The summed E-state index contributed by atoms with van der Waals surface area (Å²) in [7, 11) is 1.67. The first-order valence-corrected chi connectivity index (χ1v) is 6.75. The minimum absolute atomic E-state index is 0.562. The van der Waals surface area contributed by atoms with Crippen molar-refractivity contribution in [1.29, 1.82) is 0 Å². The van der Waals surface area contributed by atoms with Gasteiger partial charge in [0.1, 0.15) is 5.75 Å². The van der Waals surface area contributed by atoms with E-state index in [1.807, 2.05) is 18.2 Å². The van der Waals surface area contributed by atoms with Gasteiger partial charge in [-0.05, 0) is 36.2 Å². The number of hydrogen-bond acceptors (Lipinski definition) is 2. The molecule has 0 amide bonds. The summed E-state index contributed by atoms with van der Waals surface area (Å²) in [5.41, 5.74) is 1.11. The van der Waals surface area contributed by atoms with Crippen LogP contribution in [0.2, 0.25) is 5.02 Å². The van der Waals surface area contributed by atoms with Crippen LogP contribution in [0.4, 0.5) is 0 Å². The lowest BCUT2D eigenvalue weighted by Crippen LogP contribution is -1.86. The number of hydrogen-bond donors (Lipinski definition) is 0. The summed E-state index contributed by atoms with van der Waals surface area (Å²) in [6, 6.07) is 10.1. The monoisotopic (exact) mass is 266 g/mol. The van der Waals surface area contributed by atoms with Gasteiger partial charge >= 0.3 is 0 Å². The highest BCUT2D eigenvalue weighted by molar-refractivity contribution is 7.15. The molecule has 0 radical (unpaired) electrons. The van der Waals surface area contributed by atoms with Crippen LogP contribution >= 0.6 is 22.9 Å². The molecular formula is C14H15ClOS. The molecule has 0 atom stereocenters. The van der Waals surface area contributed by atoms with Crippen molar-refractivity contribution in [3.8, 4) is 16.2 Å². The zero-order chi connectivity index (χ0) is 12.4. The maximum absolute atomic E-state index is 5.96. The number of halogens is 1. The fourth-order valence-electron chi connectivity index (χ4n) is 1.68. The van der Waals surface area contributed by atoms with E-state index in [2.05, 4.69) is 26.0 Å². The van der Waals surface area contributed by atoms with Gasteiger partial charge in [0, 0.05) is 20.3 Å². The number of benzene rings is 1. The molecule has 0 saturated carbocycles. The van der Waals surface area contributed by atoms with Crippen LogP contribution in [0, 0.1) is 0 Å². The summed E-state index contributed by atoms with van der Waals surface area (Å²) in [6.45, 7) is 4.41. The van der Waals surface area contributed by atoms with E-state index in [4.69, 9.17) is 16.3 Å². The summed E-state index contributed by atoms with van der Waals surface area (Å²) in [5, 5.41) is 0.700. The molecule has 0 saturated heterocycles. The molecule has 0 aliphatic carbocycles. The first kappa shape index (κ1) is 12.5. The highest BCUT2D eigenvalue weighted by Crippen LogP contribution is 2.38. The Bertz CT molecular complexity index is 517. The first-order valence-electron chi connectivity index (χ1n) is 5.55. The van der Waals surface area contributed by atoms with Crippen molar-refractivity contribution in [2.24, 2.45) is 0 Å². The van der Waals surface area contributed by atoms with E-state index in [0.29, 0.717) is 10.9 Å². The van der Waals surface area contributed by atoms with Crippen molar-refractivity contribution in [2.75, 3.05) is 7.11 Å². The Morgan fingerprint density at radius 3 is 2.53 bits per heavy atom. The zero-order valence-corrected chi connectivity index (χ0v) is 11.7. The smallest absolute Gasteiger partial charge is 0.128 e. The summed E-state index contributed by atoms with van der Waals surface area (Å²) >= 11 is 7.77. The predicted molar refractivity (Wildman–Crippen MR) is 75.4 cm³/mol. The topological polar surface area (TPSA) is 9.23 Å². The van der Waals surface area contributed by atoms with Crippen LogP contribution in [0.25, 0.3) is 10.4 Å². The molecule has 1 aromatic heterocycles. The highest BCUT2D eigenvalue weighted by Gasteiger charge is 2.10. The fourth-order valence-corrected chi connectivity index (χ4v) is 2.88. The predicted octanol–water partition coefficient (Wildman–Crippen LogP) is 5.20. The SMILES string of the molecule is COc1cc(Cl)ccc1-c1ccc(C(C)C)s1. The Balaban J connectivity index is 2.44. The molecule has 1 heterocycles. The van der Waals surface area contributed by atoms with Crippen molar-refractivity contribution >= 4 is 22.9 Å². The molecule has 1 aromatic carbocycles. The van der Waals surface area contributed by atoms with Crippen LogP contribution in [-0.4, -0.2) is 7.11 Å². The van der Waals surface area contributed by atoms with Crippen molar-refractivity contribution in [2.45, 2.75) is 19.8 Å². The molecule has 0 spiro atoms. The molecule has 0 unspecified atom stereocenters. The van der Waals surface area contributed by atoms with Gasteiger partial charge < -0.3 is 4.74 Å². The van der Waals surface area contributed by atoms with Gasteiger partial charge in [0.2, 0.25) is 0 Å². The standard InChI is InChI=1S/C14H15ClOS/c1-9(2)13-6-7-14(17-13)11-5-4-10(15)8-12(11)16-3/h4-9H,1-3H3. The average Bonchev–Trinajstić information content (AvgIpc) is 2.78. The molecule has 0 bridgehead atoms. The zero-order valence-electron chi connectivity index (χ0n) is 10.2. The van der Waals surface area contributed by atoms with Gasteiger partial charge in [-0.25, -0.2) is 0 Å². The molecule has 3 heteroatoms. The lowest BCUT2D eigenvalue weighted by molar-refractivity contribution is 0.416. The second-order valence-corrected chi connectivity index (χ2v) is 5.75. The van der Waals surface area contributed by atoms with Crippen LogP contribution in [-0.2, 0) is 0 Å². The third kappa shape index (κ3) is 2.64. The molecule has 2 rings (SSSR count).